The number of rotatable bonds is 6. The highest BCUT2D eigenvalue weighted by molar-refractivity contribution is 5.42. The van der Waals surface area contributed by atoms with Crippen molar-refractivity contribution in [1.29, 1.82) is 0 Å². The fraction of sp³-hybridized carbons (Fsp3) is 0.700. The van der Waals surface area contributed by atoms with Gasteiger partial charge in [0.25, 0.3) is 0 Å². The molecule has 4 nitrogen and oxygen atoms in total. The van der Waals surface area contributed by atoms with Gasteiger partial charge in [0.2, 0.25) is 0 Å². The summed E-state index contributed by atoms with van der Waals surface area (Å²) in [6.07, 6.45) is 0.889. The Bertz CT molecular complexity index is 565. The zero-order chi connectivity index (χ0) is 17.5. The minimum Gasteiger partial charge on any atom is -0.396 e. The summed E-state index contributed by atoms with van der Waals surface area (Å²) in [5.74, 6) is 0. The van der Waals surface area contributed by atoms with Gasteiger partial charge in [-0.25, -0.2) is 0 Å². The van der Waals surface area contributed by atoms with E-state index in [0.29, 0.717) is 13.2 Å². The van der Waals surface area contributed by atoms with Crippen molar-refractivity contribution >= 4 is 0 Å². The van der Waals surface area contributed by atoms with Crippen LogP contribution in [-0.4, -0.2) is 38.6 Å². The van der Waals surface area contributed by atoms with E-state index in [0.717, 1.165) is 13.0 Å². The lowest BCUT2D eigenvalue weighted by Crippen LogP contribution is -2.47. The Labute approximate surface area is 145 Å². The van der Waals surface area contributed by atoms with Gasteiger partial charge in [0.1, 0.15) is 0 Å². The van der Waals surface area contributed by atoms with Crippen LogP contribution < -0.4 is 0 Å². The Balaban J connectivity index is 1.93. The van der Waals surface area contributed by atoms with Gasteiger partial charge in [-0.2, -0.15) is 0 Å². The molecule has 134 valence electrons. The molecule has 2 saturated heterocycles. The molecule has 0 aliphatic carbocycles. The van der Waals surface area contributed by atoms with Crippen LogP contribution >= 0.6 is 0 Å². The van der Waals surface area contributed by atoms with Crippen molar-refractivity contribution in [3.63, 3.8) is 0 Å². The van der Waals surface area contributed by atoms with Gasteiger partial charge in [-0.05, 0) is 42.5 Å². The number of aliphatic hydroxyl groups is 1. The van der Waals surface area contributed by atoms with Gasteiger partial charge >= 0.3 is 0 Å². The molecule has 0 saturated carbocycles. The molecule has 2 heterocycles. The fourth-order valence-corrected chi connectivity index (χ4v) is 4.19. The second kappa shape index (κ2) is 6.41. The zero-order valence-corrected chi connectivity index (χ0v) is 15.5. The summed E-state index contributed by atoms with van der Waals surface area (Å²) in [5.41, 5.74) is 5.02. The van der Waals surface area contributed by atoms with E-state index in [2.05, 4.69) is 39.8 Å². The maximum Gasteiger partial charge on any atom is 0.0925 e. The first-order valence-corrected chi connectivity index (χ1v) is 8.79. The number of aliphatic hydroxyl groups excluding tert-OH is 1. The SMILES string of the molecule is COCC1(C)COC1c1cc(C2OCC2(C)CCO)c(C)cc1C. The summed E-state index contributed by atoms with van der Waals surface area (Å²) in [6, 6.07) is 4.50. The highest BCUT2D eigenvalue weighted by Crippen LogP contribution is 2.52. The molecule has 4 heteroatoms. The third-order valence-corrected chi connectivity index (χ3v) is 5.80. The van der Waals surface area contributed by atoms with E-state index in [1.165, 1.54) is 22.3 Å². The molecule has 1 aromatic carbocycles. The van der Waals surface area contributed by atoms with E-state index in [1.807, 2.05) is 0 Å². The maximum absolute atomic E-state index is 9.37. The molecule has 0 radical (unpaired) electrons. The van der Waals surface area contributed by atoms with Crippen LogP contribution in [0.1, 0.15) is 54.7 Å². The topological polar surface area (TPSA) is 47.9 Å². The highest BCUT2D eigenvalue weighted by Gasteiger charge is 2.48. The zero-order valence-electron chi connectivity index (χ0n) is 15.5. The molecule has 24 heavy (non-hydrogen) atoms. The van der Waals surface area contributed by atoms with Gasteiger partial charge in [-0.1, -0.05) is 26.0 Å². The van der Waals surface area contributed by atoms with Crippen molar-refractivity contribution in [2.45, 2.75) is 46.3 Å². The standard InChI is InChI=1S/C20H30O4/c1-13-8-14(2)16(18-20(4,10-22-5)12-24-18)9-15(13)17-19(3,6-7-21)11-23-17/h8-9,17-18,21H,6-7,10-12H2,1-5H3. The van der Waals surface area contributed by atoms with E-state index in [-0.39, 0.29) is 29.6 Å². The Hall–Kier alpha value is -0.940. The van der Waals surface area contributed by atoms with Crippen LogP contribution in [0.4, 0.5) is 0 Å². The monoisotopic (exact) mass is 334 g/mol. The number of hydrogen-bond donors (Lipinski definition) is 1. The number of methoxy groups -OCH3 is 1. The average molecular weight is 334 g/mol. The molecule has 0 bridgehead atoms. The van der Waals surface area contributed by atoms with Crippen molar-refractivity contribution in [1.82, 2.24) is 0 Å². The summed E-state index contributed by atoms with van der Waals surface area (Å²) in [5, 5.41) is 9.37. The number of benzene rings is 1. The molecule has 1 N–H and O–H groups in total. The molecule has 2 aliphatic rings. The van der Waals surface area contributed by atoms with Crippen molar-refractivity contribution in [3.8, 4) is 0 Å². The van der Waals surface area contributed by atoms with E-state index < -0.39 is 0 Å². The van der Waals surface area contributed by atoms with Gasteiger partial charge in [0.15, 0.2) is 0 Å². The fourth-order valence-electron chi connectivity index (χ4n) is 4.19. The first kappa shape index (κ1) is 17.9. The molecule has 2 aliphatic heterocycles. The normalized spacial score (nSPS) is 35.4. The Morgan fingerprint density at radius 3 is 2.00 bits per heavy atom. The molecule has 3 rings (SSSR count). The Kier molecular flexibility index (Phi) is 4.77. The van der Waals surface area contributed by atoms with Crippen LogP contribution in [0.15, 0.2) is 12.1 Å². The Morgan fingerprint density at radius 2 is 1.58 bits per heavy atom. The van der Waals surface area contributed by atoms with Crippen LogP contribution in [0.5, 0.6) is 0 Å². The first-order chi connectivity index (χ1) is 11.3. The van der Waals surface area contributed by atoms with Crippen LogP contribution in [0.2, 0.25) is 0 Å². The molecule has 0 spiro atoms. The number of ether oxygens (including phenoxy) is 3. The molecule has 4 unspecified atom stereocenters. The van der Waals surface area contributed by atoms with E-state index >= 15 is 0 Å². The third kappa shape index (κ3) is 2.80. The lowest BCUT2D eigenvalue weighted by atomic mass is 9.71. The lowest BCUT2D eigenvalue weighted by molar-refractivity contribution is -0.203. The summed E-state index contributed by atoms with van der Waals surface area (Å²) in [6.45, 7) is 11.1. The second-order valence-electron chi connectivity index (χ2n) is 8.16. The average Bonchev–Trinajstić information content (AvgIpc) is 2.50. The van der Waals surface area contributed by atoms with Crippen molar-refractivity contribution < 1.29 is 19.3 Å². The quantitative estimate of drug-likeness (QED) is 0.865. The molecular weight excluding hydrogens is 304 g/mol. The minimum atomic E-state index is 0.0162. The largest absolute Gasteiger partial charge is 0.396 e. The maximum atomic E-state index is 9.37. The van der Waals surface area contributed by atoms with E-state index in [1.54, 1.807) is 7.11 Å². The first-order valence-electron chi connectivity index (χ1n) is 8.79. The van der Waals surface area contributed by atoms with Crippen LogP contribution in [0.25, 0.3) is 0 Å². The molecule has 0 amide bonds. The summed E-state index contributed by atoms with van der Waals surface area (Å²) < 4.78 is 17.3. The van der Waals surface area contributed by atoms with Crippen molar-refractivity contribution in [2.24, 2.45) is 10.8 Å². The number of hydrogen-bond acceptors (Lipinski definition) is 4. The minimum absolute atomic E-state index is 0.0162. The molecule has 2 fully saturated rings. The van der Waals surface area contributed by atoms with Crippen molar-refractivity contribution in [3.05, 3.63) is 34.4 Å². The molecule has 0 aromatic heterocycles. The Morgan fingerprint density at radius 1 is 1.04 bits per heavy atom. The predicted molar refractivity (Wildman–Crippen MR) is 93.1 cm³/mol. The molecule has 1 aromatic rings. The van der Waals surface area contributed by atoms with E-state index in [9.17, 15) is 5.11 Å². The van der Waals surface area contributed by atoms with Gasteiger partial charge < -0.3 is 19.3 Å². The van der Waals surface area contributed by atoms with Crippen LogP contribution in [0.3, 0.4) is 0 Å². The highest BCUT2D eigenvalue weighted by atomic mass is 16.5. The molecular formula is C20H30O4. The predicted octanol–water partition coefficient (Wildman–Crippen LogP) is 3.49. The third-order valence-electron chi connectivity index (χ3n) is 5.80. The van der Waals surface area contributed by atoms with Gasteiger partial charge in [-0.15, -0.1) is 0 Å². The summed E-state index contributed by atoms with van der Waals surface area (Å²) >= 11 is 0. The van der Waals surface area contributed by atoms with Gasteiger partial charge in [0.05, 0.1) is 32.0 Å². The lowest BCUT2D eigenvalue weighted by Gasteiger charge is -2.49. The van der Waals surface area contributed by atoms with Gasteiger partial charge in [0, 0.05) is 24.5 Å². The van der Waals surface area contributed by atoms with Crippen LogP contribution in [0, 0.1) is 24.7 Å². The summed E-state index contributed by atoms with van der Waals surface area (Å²) in [7, 11) is 1.75. The van der Waals surface area contributed by atoms with E-state index in [4.69, 9.17) is 14.2 Å². The second-order valence-corrected chi connectivity index (χ2v) is 8.16. The number of aryl methyl sites for hydroxylation is 2. The van der Waals surface area contributed by atoms with Gasteiger partial charge in [-0.3, -0.25) is 0 Å². The molecule has 4 atom stereocenters. The van der Waals surface area contributed by atoms with Crippen molar-refractivity contribution in [2.75, 3.05) is 33.5 Å². The smallest absolute Gasteiger partial charge is 0.0925 e. The summed E-state index contributed by atoms with van der Waals surface area (Å²) in [4.78, 5) is 0. The van der Waals surface area contributed by atoms with Crippen LogP contribution in [-0.2, 0) is 14.2 Å².